The molecule has 0 aliphatic carbocycles. The highest BCUT2D eigenvalue weighted by Crippen LogP contribution is 2.27. The van der Waals surface area contributed by atoms with Crippen molar-refractivity contribution < 1.29 is 0 Å². The van der Waals surface area contributed by atoms with Crippen LogP contribution in [-0.4, -0.2) is 29.9 Å². The van der Waals surface area contributed by atoms with Gasteiger partial charge in [-0.05, 0) is 18.2 Å². The first-order chi connectivity index (χ1) is 10.9. The Balaban J connectivity index is 1.66. The van der Waals surface area contributed by atoms with Crippen molar-refractivity contribution >= 4 is 11.3 Å². The molecule has 106 valence electrons. The summed E-state index contributed by atoms with van der Waals surface area (Å²) in [5.74, 6) is 0. The summed E-state index contributed by atoms with van der Waals surface area (Å²) in [6.45, 7) is 0. The van der Waals surface area contributed by atoms with Crippen molar-refractivity contribution in [1.82, 2.24) is 29.9 Å². The van der Waals surface area contributed by atoms with E-state index in [0.717, 1.165) is 27.5 Å². The Morgan fingerprint density at radius 3 is 2.73 bits per heavy atom. The summed E-state index contributed by atoms with van der Waals surface area (Å²) in [6.07, 6.45) is 8.58. The number of hydrogen-bond donors (Lipinski definition) is 0. The molecule has 4 heterocycles. The fourth-order valence-corrected chi connectivity index (χ4v) is 2.88. The summed E-state index contributed by atoms with van der Waals surface area (Å²) in [4.78, 5) is 12.3. The highest BCUT2D eigenvalue weighted by atomic mass is 32.1. The second kappa shape index (κ2) is 5.45. The van der Waals surface area contributed by atoms with Crippen LogP contribution in [0.15, 0.2) is 60.8 Å². The number of rotatable bonds is 3. The zero-order valence-electron chi connectivity index (χ0n) is 11.4. The molecule has 0 saturated carbocycles. The maximum Gasteiger partial charge on any atom is 0.120 e. The smallest absolute Gasteiger partial charge is 0.120 e. The van der Waals surface area contributed by atoms with Crippen LogP contribution in [0.4, 0.5) is 0 Å². The first kappa shape index (κ1) is 12.8. The minimum absolute atomic E-state index is 0.744. The van der Waals surface area contributed by atoms with Gasteiger partial charge in [0.15, 0.2) is 0 Å². The van der Waals surface area contributed by atoms with Gasteiger partial charge in [0.05, 0.1) is 11.9 Å². The summed E-state index contributed by atoms with van der Waals surface area (Å²) < 4.78 is 1.75. The van der Waals surface area contributed by atoms with Crippen LogP contribution in [-0.2, 0) is 0 Å². The van der Waals surface area contributed by atoms with E-state index in [1.165, 1.54) is 6.33 Å². The highest BCUT2D eigenvalue weighted by molar-refractivity contribution is 7.13. The molecule has 0 N–H and O–H groups in total. The fourth-order valence-electron chi connectivity index (χ4n) is 2.05. The maximum absolute atomic E-state index is 4.35. The van der Waals surface area contributed by atoms with Crippen molar-refractivity contribution in [3.63, 3.8) is 0 Å². The monoisotopic (exact) mass is 306 g/mol. The van der Waals surface area contributed by atoms with Gasteiger partial charge >= 0.3 is 0 Å². The van der Waals surface area contributed by atoms with E-state index in [9.17, 15) is 0 Å². The standard InChI is InChI=1S/C15H10N6S/c1-2-4-18-13(3-1)11-5-15(22-9-11)21-8-14(19-20-21)12-6-16-10-17-7-12/h1-10H. The van der Waals surface area contributed by atoms with E-state index in [1.807, 2.05) is 30.5 Å². The van der Waals surface area contributed by atoms with Crippen LogP contribution in [0.1, 0.15) is 0 Å². The molecule has 4 rings (SSSR count). The van der Waals surface area contributed by atoms with Crippen molar-refractivity contribution in [2.45, 2.75) is 0 Å². The fraction of sp³-hybridized carbons (Fsp3) is 0. The molecular formula is C15H10N6S. The van der Waals surface area contributed by atoms with Crippen LogP contribution in [0.2, 0.25) is 0 Å². The number of hydrogen-bond acceptors (Lipinski definition) is 6. The summed E-state index contributed by atoms with van der Waals surface area (Å²) >= 11 is 1.60. The van der Waals surface area contributed by atoms with Gasteiger partial charge in [0.25, 0.3) is 0 Å². The molecule has 0 atom stereocenters. The minimum atomic E-state index is 0.744. The summed E-state index contributed by atoms with van der Waals surface area (Å²) in [5.41, 5.74) is 3.60. The van der Waals surface area contributed by atoms with E-state index < -0.39 is 0 Å². The van der Waals surface area contributed by atoms with Crippen molar-refractivity contribution in [3.8, 4) is 27.5 Å². The van der Waals surface area contributed by atoms with Gasteiger partial charge < -0.3 is 0 Å². The first-order valence-corrected chi connectivity index (χ1v) is 7.46. The van der Waals surface area contributed by atoms with Gasteiger partial charge in [-0.15, -0.1) is 16.4 Å². The summed E-state index contributed by atoms with van der Waals surface area (Å²) in [5, 5.41) is 11.4. The van der Waals surface area contributed by atoms with E-state index in [4.69, 9.17) is 0 Å². The molecule has 0 saturated heterocycles. The number of aromatic nitrogens is 6. The SMILES string of the molecule is c1ccc(-c2csc(-n3cc(-c4cncnc4)nn3)c2)nc1. The lowest BCUT2D eigenvalue weighted by Crippen LogP contribution is -1.90. The van der Waals surface area contributed by atoms with Crippen LogP contribution in [0.25, 0.3) is 27.5 Å². The average molecular weight is 306 g/mol. The van der Waals surface area contributed by atoms with Crippen LogP contribution in [0, 0.1) is 0 Å². The number of thiophene rings is 1. The second-order valence-corrected chi connectivity index (χ2v) is 5.45. The molecule has 0 bridgehead atoms. The van der Waals surface area contributed by atoms with E-state index in [0.29, 0.717) is 0 Å². The lowest BCUT2D eigenvalue weighted by molar-refractivity contribution is 0.815. The molecule has 0 amide bonds. The Labute approximate surface area is 130 Å². The number of pyridine rings is 1. The maximum atomic E-state index is 4.35. The van der Waals surface area contributed by atoms with E-state index >= 15 is 0 Å². The van der Waals surface area contributed by atoms with Gasteiger partial charge in [-0.2, -0.15) is 0 Å². The van der Waals surface area contributed by atoms with Crippen molar-refractivity contribution in [3.05, 3.63) is 60.8 Å². The van der Waals surface area contributed by atoms with Crippen LogP contribution in [0.5, 0.6) is 0 Å². The third-order valence-electron chi connectivity index (χ3n) is 3.12. The second-order valence-electron chi connectivity index (χ2n) is 4.56. The molecule has 7 heteroatoms. The Morgan fingerprint density at radius 1 is 1.00 bits per heavy atom. The molecule has 0 radical (unpaired) electrons. The molecule has 0 aliphatic heterocycles. The Hall–Kier alpha value is -2.93. The van der Waals surface area contributed by atoms with Gasteiger partial charge in [-0.3, -0.25) is 4.98 Å². The van der Waals surface area contributed by atoms with Gasteiger partial charge in [0.1, 0.15) is 17.0 Å². The van der Waals surface area contributed by atoms with Crippen LogP contribution >= 0.6 is 11.3 Å². The third-order valence-corrected chi connectivity index (χ3v) is 4.04. The van der Waals surface area contributed by atoms with Crippen LogP contribution in [0.3, 0.4) is 0 Å². The molecule has 22 heavy (non-hydrogen) atoms. The Morgan fingerprint density at radius 2 is 1.91 bits per heavy atom. The van der Waals surface area contributed by atoms with Gasteiger partial charge in [-0.25, -0.2) is 14.6 Å². The predicted molar refractivity (Wildman–Crippen MR) is 83.5 cm³/mol. The molecule has 0 fully saturated rings. The van der Waals surface area contributed by atoms with Crippen molar-refractivity contribution in [2.24, 2.45) is 0 Å². The molecule has 0 aromatic carbocycles. The molecule has 4 aromatic rings. The molecule has 0 unspecified atom stereocenters. The number of nitrogens with zero attached hydrogens (tertiary/aromatic N) is 6. The zero-order chi connectivity index (χ0) is 14.8. The highest BCUT2D eigenvalue weighted by Gasteiger charge is 2.09. The Bertz CT molecular complexity index is 809. The van der Waals surface area contributed by atoms with Crippen LogP contribution < -0.4 is 0 Å². The minimum Gasteiger partial charge on any atom is -0.256 e. The van der Waals surface area contributed by atoms with E-state index in [2.05, 4.69) is 30.6 Å². The summed E-state index contributed by atoms with van der Waals surface area (Å²) in [6, 6.07) is 7.91. The van der Waals surface area contributed by atoms with E-state index in [-0.39, 0.29) is 0 Å². The lowest BCUT2D eigenvalue weighted by Gasteiger charge is -1.95. The van der Waals surface area contributed by atoms with Gasteiger partial charge in [0, 0.05) is 35.1 Å². The zero-order valence-corrected chi connectivity index (χ0v) is 12.2. The summed E-state index contributed by atoms with van der Waals surface area (Å²) in [7, 11) is 0. The predicted octanol–water partition coefficient (Wildman–Crippen LogP) is 2.85. The lowest BCUT2D eigenvalue weighted by atomic mass is 10.2. The molecular weight excluding hydrogens is 296 g/mol. The topological polar surface area (TPSA) is 69.4 Å². The normalized spacial score (nSPS) is 10.7. The van der Waals surface area contributed by atoms with Gasteiger partial charge in [0.2, 0.25) is 0 Å². The molecule has 4 aromatic heterocycles. The largest absolute Gasteiger partial charge is 0.256 e. The Kier molecular flexibility index (Phi) is 3.17. The van der Waals surface area contributed by atoms with Crippen molar-refractivity contribution in [1.29, 1.82) is 0 Å². The molecule has 0 spiro atoms. The molecule has 6 nitrogen and oxygen atoms in total. The van der Waals surface area contributed by atoms with E-state index in [1.54, 1.807) is 34.6 Å². The first-order valence-electron chi connectivity index (χ1n) is 6.58. The third kappa shape index (κ3) is 2.38. The quantitative estimate of drug-likeness (QED) is 0.582. The average Bonchev–Trinajstić information content (AvgIpc) is 3.26. The van der Waals surface area contributed by atoms with Gasteiger partial charge in [-0.1, -0.05) is 11.3 Å². The van der Waals surface area contributed by atoms with Crippen molar-refractivity contribution in [2.75, 3.05) is 0 Å². The molecule has 0 aliphatic rings.